The van der Waals surface area contributed by atoms with Gasteiger partial charge < -0.3 is 10.3 Å². The Morgan fingerprint density at radius 3 is 2.89 bits per heavy atom. The lowest BCUT2D eigenvalue weighted by Crippen LogP contribution is -2.09. The van der Waals surface area contributed by atoms with E-state index < -0.39 is 0 Å². The summed E-state index contributed by atoms with van der Waals surface area (Å²) in [6.45, 7) is 0.868. The Morgan fingerprint density at radius 2 is 2.11 bits per heavy atom. The van der Waals surface area contributed by atoms with E-state index in [9.17, 15) is 0 Å². The summed E-state index contributed by atoms with van der Waals surface area (Å²) < 4.78 is 0. The normalized spacial score (nSPS) is 17.4. The van der Waals surface area contributed by atoms with Gasteiger partial charge in [-0.1, -0.05) is 19.3 Å². The van der Waals surface area contributed by atoms with Crippen molar-refractivity contribution in [1.82, 2.24) is 20.3 Å². The van der Waals surface area contributed by atoms with Gasteiger partial charge in [0.05, 0.1) is 5.69 Å². The van der Waals surface area contributed by atoms with Crippen LogP contribution in [0, 0.1) is 0 Å². The molecule has 0 saturated heterocycles. The van der Waals surface area contributed by atoms with Crippen LogP contribution >= 0.6 is 0 Å². The molecule has 2 N–H and O–H groups in total. The molecule has 18 heavy (non-hydrogen) atoms. The van der Waals surface area contributed by atoms with E-state index in [-0.39, 0.29) is 0 Å². The molecule has 0 unspecified atom stereocenters. The minimum atomic E-state index is 0.621. The molecule has 1 fully saturated rings. The largest absolute Gasteiger partial charge is 0.346 e. The molecular formula is C14H20N4. The van der Waals surface area contributed by atoms with Crippen LogP contribution < -0.4 is 5.32 Å². The minimum Gasteiger partial charge on any atom is -0.346 e. The number of hydrogen-bond acceptors (Lipinski definition) is 3. The van der Waals surface area contributed by atoms with Crippen LogP contribution in [0.5, 0.6) is 0 Å². The van der Waals surface area contributed by atoms with Gasteiger partial charge in [-0.25, -0.2) is 9.97 Å². The van der Waals surface area contributed by atoms with Crippen LogP contribution in [-0.4, -0.2) is 22.0 Å². The van der Waals surface area contributed by atoms with Gasteiger partial charge in [0.1, 0.15) is 12.0 Å². The van der Waals surface area contributed by atoms with E-state index >= 15 is 0 Å². The van der Waals surface area contributed by atoms with Crippen molar-refractivity contribution in [3.8, 4) is 0 Å². The first-order valence-corrected chi connectivity index (χ1v) is 6.85. The molecule has 0 atom stereocenters. The standard InChI is InChI=1S/C14H20N4/c1-15-7-11-8-16-14-12(11)13(17-9-18-14)10-5-3-2-4-6-10/h8-10,15H,2-7H2,1H3,(H,16,17,18). The Morgan fingerprint density at radius 1 is 1.28 bits per heavy atom. The molecule has 1 aliphatic carbocycles. The summed E-state index contributed by atoms with van der Waals surface area (Å²) >= 11 is 0. The van der Waals surface area contributed by atoms with Crippen LogP contribution in [0.2, 0.25) is 0 Å². The van der Waals surface area contributed by atoms with Crippen LogP contribution in [0.25, 0.3) is 11.0 Å². The Bertz CT molecular complexity index is 526. The maximum Gasteiger partial charge on any atom is 0.141 e. The van der Waals surface area contributed by atoms with Crippen LogP contribution in [0.15, 0.2) is 12.5 Å². The van der Waals surface area contributed by atoms with Crippen molar-refractivity contribution < 1.29 is 0 Å². The lowest BCUT2D eigenvalue weighted by atomic mass is 9.85. The molecular weight excluding hydrogens is 224 g/mol. The molecule has 2 aromatic heterocycles. The third kappa shape index (κ3) is 2.01. The molecule has 4 heteroatoms. The Hall–Kier alpha value is -1.42. The van der Waals surface area contributed by atoms with Crippen molar-refractivity contribution in [2.75, 3.05) is 7.05 Å². The summed E-state index contributed by atoms with van der Waals surface area (Å²) in [6, 6.07) is 0. The lowest BCUT2D eigenvalue weighted by molar-refractivity contribution is 0.438. The molecule has 4 nitrogen and oxygen atoms in total. The highest BCUT2D eigenvalue weighted by atomic mass is 14.9. The number of aromatic amines is 1. The fourth-order valence-electron chi connectivity index (χ4n) is 3.07. The first-order chi connectivity index (χ1) is 8.90. The Kier molecular flexibility index (Phi) is 3.28. The highest BCUT2D eigenvalue weighted by Gasteiger charge is 2.21. The molecule has 96 valence electrons. The number of nitrogens with zero attached hydrogens (tertiary/aromatic N) is 2. The molecule has 1 saturated carbocycles. The van der Waals surface area contributed by atoms with Crippen molar-refractivity contribution in [1.29, 1.82) is 0 Å². The van der Waals surface area contributed by atoms with E-state index in [0.29, 0.717) is 5.92 Å². The molecule has 0 amide bonds. The zero-order chi connectivity index (χ0) is 12.4. The van der Waals surface area contributed by atoms with Gasteiger partial charge in [-0.2, -0.15) is 0 Å². The van der Waals surface area contributed by atoms with Crippen LogP contribution in [0.4, 0.5) is 0 Å². The lowest BCUT2D eigenvalue weighted by Gasteiger charge is -2.21. The van der Waals surface area contributed by atoms with Gasteiger partial charge in [0, 0.05) is 24.0 Å². The first-order valence-electron chi connectivity index (χ1n) is 6.85. The first kappa shape index (κ1) is 11.7. The molecule has 0 radical (unpaired) electrons. The van der Waals surface area contributed by atoms with E-state index in [1.54, 1.807) is 6.33 Å². The molecule has 0 aromatic carbocycles. The van der Waals surface area contributed by atoms with E-state index in [2.05, 4.69) is 26.5 Å². The quantitative estimate of drug-likeness (QED) is 0.873. The molecule has 0 bridgehead atoms. The molecule has 2 heterocycles. The van der Waals surface area contributed by atoms with Crippen LogP contribution in [0.1, 0.15) is 49.3 Å². The second-order valence-corrected chi connectivity index (χ2v) is 5.16. The smallest absolute Gasteiger partial charge is 0.141 e. The highest BCUT2D eigenvalue weighted by molar-refractivity contribution is 5.82. The summed E-state index contributed by atoms with van der Waals surface area (Å²) in [5.74, 6) is 0.621. The maximum atomic E-state index is 4.59. The highest BCUT2D eigenvalue weighted by Crippen LogP contribution is 2.35. The van der Waals surface area contributed by atoms with E-state index in [1.807, 2.05) is 7.05 Å². The Labute approximate surface area is 107 Å². The van der Waals surface area contributed by atoms with Crippen LogP contribution in [-0.2, 0) is 6.54 Å². The number of nitrogens with one attached hydrogen (secondary N) is 2. The average Bonchev–Trinajstić information content (AvgIpc) is 2.84. The van der Waals surface area contributed by atoms with Crippen molar-refractivity contribution >= 4 is 11.0 Å². The predicted molar refractivity (Wildman–Crippen MR) is 72.5 cm³/mol. The number of aromatic nitrogens is 3. The molecule has 3 rings (SSSR count). The summed E-state index contributed by atoms with van der Waals surface area (Å²) in [5.41, 5.74) is 3.52. The van der Waals surface area contributed by atoms with Crippen molar-refractivity contribution in [2.24, 2.45) is 0 Å². The fraction of sp³-hybridized carbons (Fsp3) is 0.571. The summed E-state index contributed by atoms with van der Waals surface area (Å²) in [4.78, 5) is 12.2. The van der Waals surface area contributed by atoms with E-state index in [4.69, 9.17) is 0 Å². The van der Waals surface area contributed by atoms with Crippen molar-refractivity contribution in [2.45, 2.75) is 44.6 Å². The van der Waals surface area contributed by atoms with E-state index in [1.165, 1.54) is 48.7 Å². The van der Waals surface area contributed by atoms with Gasteiger partial charge in [-0.15, -0.1) is 0 Å². The zero-order valence-electron chi connectivity index (χ0n) is 10.9. The SMILES string of the molecule is CNCc1c[nH]c2ncnc(C3CCCCC3)c12. The molecule has 1 aliphatic rings. The van der Waals surface area contributed by atoms with Gasteiger partial charge in [0.15, 0.2) is 0 Å². The van der Waals surface area contributed by atoms with Gasteiger partial charge >= 0.3 is 0 Å². The summed E-state index contributed by atoms with van der Waals surface area (Å²) in [6.07, 6.45) is 10.4. The van der Waals surface area contributed by atoms with Crippen LogP contribution in [0.3, 0.4) is 0 Å². The van der Waals surface area contributed by atoms with Gasteiger partial charge in [0.2, 0.25) is 0 Å². The molecule has 0 aliphatic heterocycles. The monoisotopic (exact) mass is 244 g/mol. The zero-order valence-corrected chi connectivity index (χ0v) is 10.9. The third-order valence-electron chi connectivity index (χ3n) is 3.94. The topological polar surface area (TPSA) is 53.6 Å². The predicted octanol–water partition coefficient (Wildman–Crippen LogP) is 2.73. The summed E-state index contributed by atoms with van der Waals surface area (Å²) in [7, 11) is 1.98. The van der Waals surface area contributed by atoms with Gasteiger partial charge in [-0.3, -0.25) is 0 Å². The second-order valence-electron chi connectivity index (χ2n) is 5.16. The average molecular weight is 244 g/mol. The third-order valence-corrected chi connectivity index (χ3v) is 3.94. The maximum absolute atomic E-state index is 4.59. The molecule has 0 spiro atoms. The number of fused-ring (bicyclic) bond motifs is 1. The van der Waals surface area contributed by atoms with Crippen molar-refractivity contribution in [3.05, 3.63) is 23.8 Å². The van der Waals surface area contributed by atoms with Gasteiger partial charge in [-0.05, 0) is 25.5 Å². The van der Waals surface area contributed by atoms with Crippen molar-refractivity contribution in [3.63, 3.8) is 0 Å². The number of rotatable bonds is 3. The van der Waals surface area contributed by atoms with Gasteiger partial charge in [0.25, 0.3) is 0 Å². The minimum absolute atomic E-state index is 0.621. The number of H-pyrrole nitrogens is 1. The Balaban J connectivity index is 2.06. The fourth-order valence-corrected chi connectivity index (χ4v) is 3.07. The summed E-state index contributed by atoms with van der Waals surface area (Å²) in [5, 5.41) is 4.47. The second kappa shape index (κ2) is 5.06. The van der Waals surface area contributed by atoms with E-state index in [0.717, 1.165) is 12.2 Å². The number of hydrogen-bond donors (Lipinski definition) is 2. The molecule has 2 aromatic rings.